The van der Waals surface area contributed by atoms with Gasteiger partial charge in [0.05, 0.1) is 0 Å². The Morgan fingerprint density at radius 2 is 2.25 bits per heavy atom. The molecule has 1 N–H and O–H groups in total. The minimum absolute atomic E-state index is 0.527. The highest BCUT2D eigenvalue weighted by atomic mass is 14.9. The van der Waals surface area contributed by atoms with Gasteiger partial charge >= 0.3 is 0 Å². The second kappa shape index (κ2) is 6.71. The van der Waals surface area contributed by atoms with Gasteiger partial charge in [0.1, 0.15) is 0 Å². The minimum Gasteiger partial charge on any atom is -0.388 e. The van der Waals surface area contributed by atoms with Crippen LogP contribution in [-0.2, 0) is 0 Å². The van der Waals surface area contributed by atoms with Crippen LogP contribution in [0.25, 0.3) is 0 Å². The second-order valence-corrected chi connectivity index (χ2v) is 2.97. The molecule has 0 heterocycles. The first-order valence-electron chi connectivity index (χ1n) is 4.36. The first kappa shape index (κ1) is 11.0. The van der Waals surface area contributed by atoms with Crippen LogP contribution in [0, 0.1) is 5.92 Å². The molecule has 0 aromatic heterocycles. The lowest BCUT2D eigenvalue weighted by atomic mass is 10.2. The van der Waals surface area contributed by atoms with Crippen molar-refractivity contribution in [2.75, 3.05) is 6.54 Å². The van der Waals surface area contributed by atoms with E-state index in [2.05, 4.69) is 31.8 Å². The average Bonchev–Trinajstić information content (AvgIpc) is 2.10. The second-order valence-electron chi connectivity index (χ2n) is 2.97. The van der Waals surface area contributed by atoms with Crippen molar-refractivity contribution < 1.29 is 0 Å². The number of allylic oxidation sites excluding steroid dienone is 4. The third-order valence-electron chi connectivity index (χ3n) is 1.64. The van der Waals surface area contributed by atoms with Crippen molar-refractivity contribution in [1.29, 1.82) is 0 Å². The number of rotatable bonds is 5. The lowest BCUT2D eigenvalue weighted by Gasteiger charge is -2.08. The van der Waals surface area contributed by atoms with Gasteiger partial charge < -0.3 is 5.32 Å². The molecule has 0 aliphatic carbocycles. The van der Waals surface area contributed by atoms with Crippen LogP contribution in [0.3, 0.4) is 0 Å². The highest BCUT2D eigenvalue weighted by Gasteiger charge is 1.93. The lowest BCUT2D eigenvalue weighted by Crippen LogP contribution is -2.17. The summed E-state index contributed by atoms with van der Waals surface area (Å²) in [6.07, 6.45) is 8.06. The van der Waals surface area contributed by atoms with Gasteiger partial charge in [0.25, 0.3) is 0 Å². The Hall–Kier alpha value is -0.980. The predicted octanol–water partition coefficient (Wildman–Crippen LogP) is 2.88. The van der Waals surface area contributed by atoms with Gasteiger partial charge in [0.2, 0.25) is 0 Å². The van der Waals surface area contributed by atoms with Gasteiger partial charge in [-0.2, -0.15) is 0 Å². The molecular weight excluding hydrogens is 146 g/mol. The maximum Gasteiger partial charge on any atom is 0.0204 e. The Bertz CT molecular complexity index is 177. The molecule has 12 heavy (non-hydrogen) atoms. The normalized spacial score (nSPS) is 14.8. The fourth-order valence-corrected chi connectivity index (χ4v) is 0.705. The molecular formula is C11H19N. The zero-order chi connectivity index (χ0) is 9.40. The fourth-order valence-electron chi connectivity index (χ4n) is 0.705. The first-order valence-corrected chi connectivity index (χ1v) is 4.36. The molecule has 0 aromatic carbocycles. The van der Waals surface area contributed by atoms with E-state index in [9.17, 15) is 0 Å². The molecule has 0 aliphatic heterocycles. The summed E-state index contributed by atoms with van der Waals surface area (Å²) in [4.78, 5) is 0. The highest BCUT2D eigenvalue weighted by molar-refractivity contribution is 5.08. The van der Waals surface area contributed by atoms with Crippen molar-refractivity contribution in [1.82, 2.24) is 5.32 Å². The fraction of sp³-hybridized carbons (Fsp3) is 0.455. The molecule has 68 valence electrons. The van der Waals surface area contributed by atoms with E-state index in [-0.39, 0.29) is 0 Å². The molecule has 0 bridgehead atoms. The van der Waals surface area contributed by atoms with Crippen LogP contribution >= 0.6 is 0 Å². The van der Waals surface area contributed by atoms with Crippen LogP contribution in [-0.4, -0.2) is 6.54 Å². The van der Waals surface area contributed by atoms with E-state index in [0.717, 1.165) is 6.54 Å². The van der Waals surface area contributed by atoms with E-state index in [1.807, 2.05) is 25.2 Å². The summed E-state index contributed by atoms with van der Waals surface area (Å²) < 4.78 is 0. The molecule has 1 nitrogen and oxygen atoms in total. The van der Waals surface area contributed by atoms with Crippen molar-refractivity contribution in [3.63, 3.8) is 0 Å². The monoisotopic (exact) mass is 165 g/mol. The zero-order valence-corrected chi connectivity index (χ0v) is 8.30. The van der Waals surface area contributed by atoms with E-state index in [0.29, 0.717) is 5.92 Å². The smallest absolute Gasteiger partial charge is 0.0204 e. The third-order valence-corrected chi connectivity index (χ3v) is 1.64. The molecule has 0 saturated heterocycles. The summed E-state index contributed by atoms with van der Waals surface area (Å²) in [6, 6.07) is 0. The topological polar surface area (TPSA) is 12.0 Å². The summed E-state index contributed by atoms with van der Waals surface area (Å²) in [6.45, 7) is 10.9. The van der Waals surface area contributed by atoms with Gasteiger partial charge in [-0.05, 0) is 25.8 Å². The van der Waals surface area contributed by atoms with E-state index in [1.54, 1.807) is 0 Å². The minimum atomic E-state index is 0.527. The Morgan fingerprint density at radius 1 is 1.58 bits per heavy atom. The molecule has 0 radical (unpaired) electrons. The van der Waals surface area contributed by atoms with Gasteiger partial charge in [0.15, 0.2) is 0 Å². The molecule has 0 spiro atoms. The number of hydrogen-bond donors (Lipinski definition) is 1. The van der Waals surface area contributed by atoms with Crippen molar-refractivity contribution >= 4 is 0 Å². The van der Waals surface area contributed by atoms with E-state index in [4.69, 9.17) is 0 Å². The van der Waals surface area contributed by atoms with Crippen LogP contribution in [0.2, 0.25) is 0 Å². The van der Waals surface area contributed by atoms with Gasteiger partial charge in [-0.15, -0.1) is 6.58 Å². The molecule has 1 atom stereocenters. The van der Waals surface area contributed by atoms with Gasteiger partial charge in [0, 0.05) is 12.2 Å². The Morgan fingerprint density at radius 3 is 2.75 bits per heavy atom. The van der Waals surface area contributed by atoms with Crippen LogP contribution in [0.15, 0.2) is 36.6 Å². The molecule has 0 rings (SSSR count). The molecule has 1 heteroatoms. The molecule has 0 saturated carbocycles. The SMILES string of the molecule is C=C[C@@H](C)CN/C(C)=C/C=C\C. The predicted molar refractivity (Wildman–Crippen MR) is 55.9 cm³/mol. The Kier molecular flexibility index (Phi) is 6.16. The summed E-state index contributed by atoms with van der Waals surface area (Å²) in [5, 5.41) is 3.31. The summed E-state index contributed by atoms with van der Waals surface area (Å²) >= 11 is 0. The van der Waals surface area contributed by atoms with Gasteiger partial charge in [-0.1, -0.05) is 25.2 Å². The maximum absolute atomic E-state index is 3.73. The van der Waals surface area contributed by atoms with Crippen LogP contribution < -0.4 is 5.32 Å². The molecule has 0 amide bonds. The van der Waals surface area contributed by atoms with E-state index in [1.165, 1.54) is 5.70 Å². The van der Waals surface area contributed by atoms with E-state index >= 15 is 0 Å². The number of hydrogen-bond acceptors (Lipinski definition) is 1. The van der Waals surface area contributed by atoms with Gasteiger partial charge in [-0.25, -0.2) is 0 Å². The van der Waals surface area contributed by atoms with Crippen molar-refractivity contribution in [2.45, 2.75) is 20.8 Å². The standard InChI is InChI=1S/C11H19N/c1-5-7-8-11(4)12-9-10(3)6-2/h5-8,10,12H,2,9H2,1,3-4H3/b7-5-,11-8+/t10-/m1/s1. The zero-order valence-electron chi connectivity index (χ0n) is 8.30. The van der Waals surface area contributed by atoms with Crippen molar-refractivity contribution in [3.05, 3.63) is 36.6 Å². The maximum atomic E-state index is 3.73. The van der Waals surface area contributed by atoms with Crippen molar-refractivity contribution in [2.24, 2.45) is 5.92 Å². The highest BCUT2D eigenvalue weighted by Crippen LogP contribution is 1.95. The number of nitrogens with one attached hydrogen (secondary N) is 1. The van der Waals surface area contributed by atoms with Crippen molar-refractivity contribution in [3.8, 4) is 0 Å². The quantitative estimate of drug-likeness (QED) is 0.488. The molecule has 0 fully saturated rings. The third kappa shape index (κ3) is 5.78. The summed E-state index contributed by atoms with van der Waals surface area (Å²) in [5.74, 6) is 0.527. The molecule has 0 aromatic rings. The summed E-state index contributed by atoms with van der Waals surface area (Å²) in [7, 11) is 0. The van der Waals surface area contributed by atoms with Crippen LogP contribution in [0.4, 0.5) is 0 Å². The lowest BCUT2D eigenvalue weighted by molar-refractivity contribution is 0.652. The Labute approximate surface area is 75.9 Å². The Balaban J connectivity index is 3.69. The summed E-state index contributed by atoms with van der Waals surface area (Å²) in [5.41, 5.74) is 1.20. The first-order chi connectivity index (χ1) is 5.70. The van der Waals surface area contributed by atoms with Crippen LogP contribution in [0.1, 0.15) is 20.8 Å². The average molecular weight is 165 g/mol. The largest absolute Gasteiger partial charge is 0.388 e. The van der Waals surface area contributed by atoms with Crippen LogP contribution in [0.5, 0.6) is 0 Å². The molecule has 0 unspecified atom stereocenters. The molecule has 0 aliphatic rings. The van der Waals surface area contributed by atoms with Gasteiger partial charge in [-0.3, -0.25) is 0 Å². The van der Waals surface area contributed by atoms with E-state index < -0.39 is 0 Å².